The van der Waals surface area contributed by atoms with Crippen molar-refractivity contribution in [1.29, 1.82) is 5.26 Å². The van der Waals surface area contributed by atoms with Crippen LogP contribution in [0.2, 0.25) is 0 Å². The van der Waals surface area contributed by atoms with Gasteiger partial charge < -0.3 is 15.4 Å². The molecular formula is C16H19N7O. The van der Waals surface area contributed by atoms with Gasteiger partial charge in [0.05, 0.1) is 30.7 Å². The molecule has 0 bridgehead atoms. The third kappa shape index (κ3) is 4.38. The van der Waals surface area contributed by atoms with Crippen LogP contribution in [0.4, 0.5) is 17.5 Å². The number of morpholine rings is 1. The van der Waals surface area contributed by atoms with Crippen molar-refractivity contribution in [2.24, 2.45) is 0 Å². The van der Waals surface area contributed by atoms with Gasteiger partial charge in [-0.25, -0.2) is 0 Å². The number of nitrogens with zero attached hydrogens (tertiary/aromatic N) is 5. The van der Waals surface area contributed by atoms with Crippen molar-refractivity contribution in [3.05, 3.63) is 36.0 Å². The van der Waals surface area contributed by atoms with Gasteiger partial charge in [0.2, 0.25) is 5.95 Å². The van der Waals surface area contributed by atoms with E-state index in [4.69, 9.17) is 10.00 Å². The van der Waals surface area contributed by atoms with Crippen LogP contribution in [-0.4, -0.2) is 59.5 Å². The van der Waals surface area contributed by atoms with Crippen LogP contribution in [0, 0.1) is 11.3 Å². The zero-order chi connectivity index (χ0) is 16.6. The van der Waals surface area contributed by atoms with Crippen molar-refractivity contribution >= 4 is 17.5 Å². The van der Waals surface area contributed by atoms with Gasteiger partial charge in [-0.1, -0.05) is 12.1 Å². The summed E-state index contributed by atoms with van der Waals surface area (Å²) >= 11 is 0. The number of nitrogens with one attached hydrogen (secondary N) is 2. The molecule has 0 spiro atoms. The summed E-state index contributed by atoms with van der Waals surface area (Å²) in [5, 5.41) is 23.3. The molecule has 1 aromatic carbocycles. The summed E-state index contributed by atoms with van der Waals surface area (Å²) in [5.41, 5.74) is 1.19. The van der Waals surface area contributed by atoms with E-state index < -0.39 is 0 Å². The molecule has 0 radical (unpaired) electrons. The Bertz CT molecular complexity index is 710. The van der Waals surface area contributed by atoms with Gasteiger partial charge in [-0.3, -0.25) is 4.90 Å². The van der Waals surface area contributed by atoms with Gasteiger partial charge in [0, 0.05) is 26.2 Å². The van der Waals surface area contributed by atoms with E-state index in [0.717, 1.165) is 39.4 Å². The lowest BCUT2D eigenvalue weighted by Crippen LogP contribution is -2.39. The lowest BCUT2D eigenvalue weighted by atomic mass is 10.2. The summed E-state index contributed by atoms with van der Waals surface area (Å²) in [6, 6.07) is 9.33. The molecule has 8 nitrogen and oxygen atoms in total. The number of aromatic nitrogens is 3. The van der Waals surface area contributed by atoms with Crippen LogP contribution in [0.25, 0.3) is 0 Å². The molecule has 1 fully saturated rings. The lowest BCUT2D eigenvalue weighted by molar-refractivity contribution is 0.0398. The predicted molar refractivity (Wildman–Crippen MR) is 90.0 cm³/mol. The second-order valence-corrected chi connectivity index (χ2v) is 5.33. The topological polar surface area (TPSA) is 99.0 Å². The summed E-state index contributed by atoms with van der Waals surface area (Å²) < 4.78 is 5.33. The van der Waals surface area contributed by atoms with Gasteiger partial charge in [-0.05, 0) is 12.1 Å². The van der Waals surface area contributed by atoms with E-state index in [0.29, 0.717) is 23.0 Å². The average Bonchev–Trinajstić information content (AvgIpc) is 2.63. The van der Waals surface area contributed by atoms with Crippen LogP contribution in [0.15, 0.2) is 30.5 Å². The molecule has 2 N–H and O–H groups in total. The molecule has 1 aliphatic heterocycles. The molecule has 2 aromatic rings. The van der Waals surface area contributed by atoms with Crippen LogP contribution in [0.1, 0.15) is 5.56 Å². The Kier molecular flexibility index (Phi) is 5.50. The van der Waals surface area contributed by atoms with Crippen molar-refractivity contribution in [2.75, 3.05) is 50.0 Å². The quantitative estimate of drug-likeness (QED) is 0.818. The number of hydrogen-bond acceptors (Lipinski definition) is 8. The fourth-order valence-corrected chi connectivity index (χ4v) is 2.42. The second-order valence-electron chi connectivity index (χ2n) is 5.33. The van der Waals surface area contributed by atoms with Crippen LogP contribution in [0.5, 0.6) is 0 Å². The molecule has 24 heavy (non-hydrogen) atoms. The van der Waals surface area contributed by atoms with Crippen LogP contribution >= 0.6 is 0 Å². The zero-order valence-electron chi connectivity index (χ0n) is 13.3. The van der Waals surface area contributed by atoms with E-state index in [-0.39, 0.29) is 0 Å². The molecule has 1 saturated heterocycles. The number of ether oxygens (including phenoxy) is 1. The molecule has 3 rings (SSSR count). The Hall–Kier alpha value is -2.76. The first-order chi connectivity index (χ1) is 11.8. The fourth-order valence-electron chi connectivity index (χ4n) is 2.42. The highest BCUT2D eigenvalue weighted by Gasteiger charge is 2.10. The van der Waals surface area contributed by atoms with Crippen molar-refractivity contribution in [2.45, 2.75) is 0 Å². The molecule has 0 unspecified atom stereocenters. The lowest BCUT2D eigenvalue weighted by Gasteiger charge is -2.26. The summed E-state index contributed by atoms with van der Waals surface area (Å²) in [4.78, 5) is 6.72. The number of para-hydroxylation sites is 1. The van der Waals surface area contributed by atoms with Gasteiger partial charge in [0.15, 0.2) is 5.82 Å². The smallest absolute Gasteiger partial charge is 0.249 e. The normalized spacial score (nSPS) is 14.8. The molecule has 2 heterocycles. The van der Waals surface area contributed by atoms with Gasteiger partial charge in [-0.15, -0.1) is 5.10 Å². The molecule has 0 amide bonds. The number of nitriles is 1. The standard InChI is InChI=1S/C16H19N7O/c17-11-13-3-1-2-4-14(13)20-16-21-15(12-19-22-16)18-5-6-23-7-9-24-10-8-23/h1-4,12H,5-10H2,(H2,18,20,21,22). The van der Waals surface area contributed by atoms with Gasteiger partial charge in [-0.2, -0.15) is 15.3 Å². The Morgan fingerprint density at radius 3 is 2.92 bits per heavy atom. The van der Waals surface area contributed by atoms with Crippen molar-refractivity contribution in [3.63, 3.8) is 0 Å². The summed E-state index contributed by atoms with van der Waals surface area (Å²) in [6.45, 7) is 5.20. The summed E-state index contributed by atoms with van der Waals surface area (Å²) in [5.74, 6) is 1.00. The Balaban J connectivity index is 1.56. The Morgan fingerprint density at radius 1 is 1.25 bits per heavy atom. The van der Waals surface area contributed by atoms with Crippen molar-refractivity contribution < 1.29 is 4.74 Å². The maximum atomic E-state index is 9.12. The van der Waals surface area contributed by atoms with Crippen LogP contribution in [0.3, 0.4) is 0 Å². The molecule has 1 aliphatic rings. The van der Waals surface area contributed by atoms with E-state index in [1.807, 2.05) is 12.1 Å². The SMILES string of the molecule is N#Cc1ccccc1Nc1nncc(NCCN2CCOCC2)n1. The third-order valence-electron chi connectivity index (χ3n) is 3.69. The average molecular weight is 325 g/mol. The van der Waals surface area contributed by atoms with Gasteiger partial charge >= 0.3 is 0 Å². The highest BCUT2D eigenvalue weighted by atomic mass is 16.5. The molecular weight excluding hydrogens is 306 g/mol. The van der Waals surface area contributed by atoms with Gasteiger partial charge in [0.1, 0.15) is 6.07 Å². The number of rotatable bonds is 6. The Labute approximate surface area is 140 Å². The molecule has 0 aliphatic carbocycles. The number of anilines is 3. The van der Waals surface area contributed by atoms with Gasteiger partial charge in [0.25, 0.3) is 0 Å². The largest absolute Gasteiger partial charge is 0.379 e. The molecule has 8 heteroatoms. The van der Waals surface area contributed by atoms with Crippen molar-refractivity contribution in [3.8, 4) is 6.07 Å². The minimum Gasteiger partial charge on any atom is -0.379 e. The van der Waals surface area contributed by atoms with Crippen LogP contribution < -0.4 is 10.6 Å². The molecule has 0 saturated carbocycles. The zero-order valence-corrected chi connectivity index (χ0v) is 13.3. The number of benzene rings is 1. The highest BCUT2D eigenvalue weighted by molar-refractivity contribution is 5.62. The second kappa shape index (κ2) is 8.19. The third-order valence-corrected chi connectivity index (χ3v) is 3.69. The molecule has 0 atom stereocenters. The molecule has 1 aromatic heterocycles. The first kappa shape index (κ1) is 16.1. The number of hydrogen-bond donors (Lipinski definition) is 2. The van der Waals surface area contributed by atoms with E-state index in [1.165, 1.54) is 0 Å². The molecule has 124 valence electrons. The highest BCUT2D eigenvalue weighted by Crippen LogP contribution is 2.17. The summed E-state index contributed by atoms with van der Waals surface area (Å²) in [7, 11) is 0. The monoisotopic (exact) mass is 325 g/mol. The van der Waals surface area contributed by atoms with Crippen LogP contribution in [-0.2, 0) is 4.74 Å². The first-order valence-corrected chi connectivity index (χ1v) is 7.85. The Morgan fingerprint density at radius 2 is 2.08 bits per heavy atom. The van der Waals surface area contributed by atoms with Crippen molar-refractivity contribution in [1.82, 2.24) is 20.1 Å². The summed E-state index contributed by atoms with van der Waals surface area (Å²) in [6.07, 6.45) is 1.58. The maximum absolute atomic E-state index is 9.12. The minimum absolute atomic E-state index is 0.356. The van der Waals surface area contributed by atoms with E-state index in [9.17, 15) is 0 Å². The minimum atomic E-state index is 0.356. The fraction of sp³-hybridized carbons (Fsp3) is 0.375. The van der Waals surface area contributed by atoms with E-state index in [1.54, 1.807) is 18.3 Å². The predicted octanol–water partition coefficient (Wildman–Crippen LogP) is 1.23. The first-order valence-electron chi connectivity index (χ1n) is 7.85. The van der Waals surface area contributed by atoms with E-state index in [2.05, 4.69) is 36.8 Å². The maximum Gasteiger partial charge on any atom is 0.249 e. The van der Waals surface area contributed by atoms with E-state index >= 15 is 0 Å².